The lowest BCUT2D eigenvalue weighted by molar-refractivity contribution is 0.600. The number of rotatable bonds is 8. The Morgan fingerprint density at radius 2 is 1.29 bits per heavy atom. The van der Waals surface area contributed by atoms with Crippen LogP contribution in [0.2, 0.25) is 0 Å². The highest BCUT2D eigenvalue weighted by molar-refractivity contribution is 7.92. The molecule has 28 heavy (non-hydrogen) atoms. The zero-order chi connectivity index (χ0) is 20.0. The molecular formula is C22H25N3O2S. The van der Waals surface area contributed by atoms with Crippen molar-refractivity contribution in [3.63, 3.8) is 0 Å². The number of aryl methyl sites for hydroxylation is 1. The van der Waals surface area contributed by atoms with E-state index in [4.69, 9.17) is 0 Å². The number of hydrogen-bond donors (Lipinski definition) is 2. The highest BCUT2D eigenvalue weighted by atomic mass is 32.2. The number of nitrogens with zero attached hydrogens (tertiary/aromatic N) is 1. The van der Waals surface area contributed by atoms with E-state index >= 15 is 0 Å². The summed E-state index contributed by atoms with van der Waals surface area (Å²) in [5, 5.41) is 3.31. The van der Waals surface area contributed by atoms with Crippen molar-refractivity contribution in [1.29, 1.82) is 0 Å². The number of sulfonamides is 1. The van der Waals surface area contributed by atoms with Gasteiger partial charge in [0.2, 0.25) is 10.0 Å². The lowest BCUT2D eigenvalue weighted by atomic mass is 10.2. The Balaban J connectivity index is 1.57. The molecule has 3 rings (SSSR count). The number of benzene rings is 3. The molecular weight excluding hydrogens is 370 g/mol. The van der Waals surface area contributed by atoms with Crippen molar-refractivity contribution in [2.24, 2.45) is 0 Å². The first-order valence-corrected chi connectivity index (χ1v) is 10.8. The average molecular weight is 396 g/mol. The Morgan fingerprint density at radius 1 is 0.750 bits per heavy atom. The molecule has 6 heteroatoms. The van der Waals surface area contributed by atoms with E-state index < -0.39 is 10.0 Å². The lowest BCUT2D eigenvalue weighted by Crippen LogP contribution is -2.18. The molecule has 2 N–H and O–H groups in total. The van der Waals surface area contributed by atoms with Gasteiger partial charge in [0.05, 0.1) is 5.75 Å². The summed E-state index contributed by atoms with van der Waals surface area (Å²) in [6, 6.07) is 24.9. The van der Waals surface area contributed by atoms with Crippen molar-refractivity contribution >= 4 is 32.8 Å². The molecule has 0 aliphatic heterocycles. The van der Waals surface area contributed by atoms with Crippen LogP contribution in [-0.2, 0) is 16.4 Å². The maximum absolute atomic E-state index is 12.3. The van der Waals surface area contributed by atoms with Gasteiger partial charge in [0.15, 0.2) is 0 Å². The van der Waals surface area contributed by atoms with E-state index in [2.05, 4.69) is 10.0 Å². The molecule has 0 heterocycles. The molecule has 0 saturated carbocycles. The molecule has 0 fully saturated rings. The van der Waals surface area contributed by atoms with Gasteiger partial charge >= 0.3 is 0 Å². The summed E-state index contributed by atoms with van der Waals surface area (Å²) in [5.74, 6) is 0.0508. The Hall–Kier alpha value is -2.99. The van der Waals surface area contributed by atoms with Crippen LogP contribution in [0.4, 0.5) is 22.7 Å². The van der Waals surface area contributed by atoms with E-state index in [1.807, 2.05) is 85.7 Å². The average Bonchev–Trinajstić information content (AvgIpc) is 2.69. The standard InChI is InChI=1S/C22H25N3O2S/c1-25(2)22-14-12-20(13-15-22)23-19-8-10-21(11-9-19)24-28(26,27)17-16-18-6-4-3-5-7-18/h3-15,23-24H,16-17H2,1-2H3. The van der Waals surface area contributed by atoms with Crippen molar-refractivity contribution in [3.8, 4) is 0 Å². The van der Waals surface area contributed by atoms with Crippen LogP contribution in [0, 0.1) is 0 Å². The predicted octanol–water partition coefficient (Wildman–Crippen LogP) is 4.48. The van der Waals surface area contributed by atoms with E-state index in [1.165, 1.54) is 0 Å². The summed E-state index contributed by atoms with van der Waals surface area (Å²) in [6.07, 6.45) is 0.485. The first kappa shape index (κ1) is 19.8. The van der Waals surface area contributed by atoms with E-state index in [-0.39, 0.29) is 5.75 Å². The first-order chi connectivity index (χ1) is 13.4. The molecule has 0 atom stereocenters. The van der Waals surface area contributed by atoms with Crippen LogP contribution in [0.15, 0.2) is 78.9 Å². The lowest BCUT2D eigenvalue weighted by Gasteiger charge is -2.14. The van der Waals surface area contributed by atoms with Gasteiger partial charge in [-0.2, -0.15) is 0 Å². The van der Waals surface area contributed by atoms with Crippen LogP contribution in [0.5, 0.6) is 0 Å². The molecule has 0 bridgehead atoms. The van der Waals surface area contributed by atoms with Crippen LogP contribution in [0.1, 0.15) is 5.56 Å². The Morgan fingerprint density at radius 3 is 1.86 bits per heavy atom. The van der Waals surface area contributed by atoms with Crippen LogP contribution in [0.25, 0.3) is 0 Å². The van der Waals surface area contributed by atoms with E-state index in [0.29, 0.717) is 12.1 Å². The van der Waals surface area contributed by atoms with Gasteiger partial charge in [-0.25, -0.2) is 8.42 Å². The quantitative estimate of drug-likeness (QED) is 0.590. The molecule has 0 unspecified atom stereocenters. The maximum Gasteiger partial charge on any atom is 0.233 e. The van der Waals surface area contributed by atoms with E-state index in [1.54, 1.807) is 12.1 Å². The zero-order valence-corrected chi connectivity index (χ0v) is 16.9. The number of nitrogens with one attached hydrogen (secondary N) is 2. The molecule has 5 nitrogen and oxygen atoms in total. The minimum Gasteiger partial charge on any atom is -0.378 e. The summed E-state index contributed by atoms with van der Waals surface area (Å²) < 4.78 is 27.2. The van der Waals surface area contributed by atoms with Crippen LogP contribution in [0.3, 0.4) is 0 Å². The van der Waals surface area contributed by atoms with Crippen LogP contribution in [-0.4, -0.2) is 28.3 Å². The zero-order valence-electron chi connectivity index (χ0n) is 16.1. The summed E-state index contributed by atoms with van der Waals surface area (Å²) in [6.45, 7) is 0. The van der Waals surface area contributed by atoms with Crippen molar-refractivity contribution in [2.75, 3.05) is 34.8 Å². The topological polar surface area (TPSA) is 61.4 Å². The highest BCUT2D eigenvalue weighted by Gasteiger charge is 2.10. The fourth-order valence-electron chi connectivity index (χ4n) is 2.76. The smallest absolute Gasteiger partial charge is 0.233 e. The predicted molar refractivity (Wildman–Crippen MR) is 118 cm³/mol. The van der Waals surface area contributed by atoms with Gasteiger partial charge < -0.3 is 10.2 Å². The largest absolute Gasteiger partial charge is 0.378 e. The Kier molecular flexibility index (Phi) is 6.21. The van der Waals surface area contributed by atoms with Gasteiger partial charge in [-0.15, -0.1) is 0 Å². The minimum atomic E-state index is -3.39. The van der Waals surface area contributed by atoms with Gasteiger partial charge in [0.1, 0.15) is 0 Å². The van der Waals surface area contributed by atoms with Crippen LogP contribution >= 0.6 is 0 Å². The minimum absolute atomic E-state index is 0.0508. The molecule has 3 aromatic carbocycles. The molecule has 0 amide bonds. The van der Waals surface area contributed by atoms with Crippen molar-refractivity contribution in [3.05, 3.63) is 84.4 Å². The Labute approximate surface area is 167 Å². The normalized spacial score (nSPS) is 11.1. The molecule has 146 valence electrons. The molecule has 0 aliphatic rings. The second-order valence-electron chi connectivity index (χ2n) is 6.80. The summed E-state index contributed by atoms with van der Waals surface area (Å²) in [7, 11) is 0.612. The van der Waals surface area contributed by atoms with Crippen molar-refractivity contribution in [2.45, 2.75) is 6.42 Å². The van der Waals surface area contributed by atoms with E-state index in [9.17, 15) is 8.42 Å². The molecule has 0 spiro atoms. The first-order valence-electron chi connectivity index (χ1n) is 9.10. The monoisotopic (exact) mass is 395 g/mol. The van der Waals surface area contributed by atoms with Gasteiger partial charge in [0.25, 0.3) is 0 Å². The maximum atomic E-state index is 12.3. The highest BCUT2D eigenvalue weighted by Crippen LogP contribution is 2.22. The molecule has 0 aromatic heterocycles. The fourth-order valence-corrected chi connectivity index (χ4v) is 3.86. The van der Waals surface area contributed by atoms with Crippen molar-refractivity contribution in [1.82, 2.24) is 0 Å². The number of anilines is 4. The van der Waals surface area contributed by atoms with Gasteiger partial charge in [0, 0.05) is 36.8 Å². The molecule has 0 aliphatic carbocycles. The Bertz CT molecular complexity index is 984. The molecule has 0 radical (unpaired) electrons. The van der Waals surface area contributed by atoms with Crippen molar-refractivity contribution < 1.29 is 8.42 Å². The summed E-state index contributed by atoms with van der Waals surface area (Å²) >= 11 is 0. The molecule has 3 aromatic rings. The third kappa shape index (κ3) is 5.76. The molecule has 0 saturated heterocycles. The summed E-state index contributed by atoms with van der Waals surface area (Å²) in [4.78, 5) is 2.04. The van der Waals surface area contributed by atoms with Gasteiger partial charge in [-0.3, -0.25) is 4.72 Å². The second kappa shape index (κ2) is 8.80. The number of hydrogen-bond acceptors (Lipinski definition) is 4. The van der Waals surface area contributed by atoms with Gasteiger partial charge in [-0.1, -0.05) is 30.3 Å². The van der Waals surface area contributed by atoms with Gasteiger partial charge in [-0.05, 0) is 60.5 Å². The third-order valence-electron chi connectivity index (χ3n) is 4.33. The van der Waals surface area contributed by atoms with Crippen LogP contribution < -0.4 is 14.9 Å². The fraction of sp³-hybridized carbons (Fsp3) is 0.182. The van der Waals surface area contributed by atoms with E-state index in [0.717, 1.165) is 22.6 Å². The third-order valence-corrected chi connectivity index (χ3v) is 5.62. The SMILES string of the molecule is CN(C)c1ccc(Nc2ccc(NS(=O)(=O)CCc3ccccc3)cc2)cc1. The second-order valence-corrected chi connectivity index (χ2v) is 8.64. The summed E-state index contributed by atoms with van der Waals surface area (Å²) in [5.41, 5.74) is 4.56.